The maximum atomic E-state index is 12.1. The molecule has 1 aromatic carbocycles. The van der Waals surface area contributed by atoms with E-state index in [1.165, 1.54) is 11.1 Å². The fraction of sp³-hybridized carbons (Fsp3) is 0.381. The lowest BCUT2D eigenvalue weighted by atomic mass is 9.93. The normalized spacial score (nSPS) is 19.1. The van der Waals surface area contributed by atoms with Gasteiger partial charge in [-0.05, 0) is 43.9 Å². The number of benzene rings is 1. The number of amides is 1. The van der Waals surface area contributed by atoms with Crippen LogP contribution in [0.3, 0.4) is 0 Å². The molecule has 0 saturated heterocycles. The maximum Gasteiger partial charge on any atom is 0.221 e. The molecule has 1 saturated carbocycles. The largest absolute Gasteiger partial charge is 0.474 e. The molecule has 0 atom stereocenters. The molecule has 27 heavy (non-hydrogen) atoms. The Morgan fingerprint density at radius 2 is 1.96 bits per heavy atom. The minimum atomic E-state index is 0.118. The highest BCUT2D eigenvalue weighted by Gasteiger charge is 2.23. The van der Waals surface area contributed by atoms with Gasteiger partial charge >= 0.3 is 0 Å². The first-order valence-corrected chi connectivity index (χ1v) is 10.2. The first-order valence-electron chi connectivity index (χ1n) is 9.23. The monoisotopic (exact) mass is 381 g/mol. The Labute approximate surface area is 164 Å². The summed E-state index contributed by atoms with van der Waals surface area (Å²) in [6.45, 7) is 0. The summed E-state index contributed by atoms with van der Waals surface area (Å²) in [5.41, 5.74) is 0.527. The van der Waals surface area contributed by atoms with Crippen LogP contribution in [0.15, 0.2) is 53.6 Å². The quantitative estimate of drug-likeness (QED) is 0.735. The molecular formula is C21H23N3O2S. The van der Waals surface area contributed by atoms with Crippen LogP contribution in [0.4, 0.5) is 0 Å². The van der Waals surface area contributed by atoms with E-state index in [0.717, 1.165) is 31.4 Å². The van der Waals surface area contributed by atoms with Gasteiger partial charge < -0.3 is 10.1 Å². The van der Waals surface area contributed by atoms with Gasteiger partial charge in [-0.2, -0.15) is 5.26 Å². The van der Waals surface area contributed by atoms with E-state index in [-0.39, 0.29) is 18.1 Å². The zero-order valence-electron chi connectivity index (χ0n) is 15.1. The van der Waals surface area contributed by atoms with Gasteiger partial charge in [-0.3, -0.25) is 4.79 Å². The third kappa shape index (κ3) is 6.30. The first-order chi connectivity index (χ1) is 13.2. The van der Waals surface area contributed by atoms with Crippen molar-refractivity contribution in [2.45, 2.75) is 49.1 Å². The molecule has 6 heteroatoms. The number of pyridine rings is 1. The fourth-order valence-corrected chi connectivity index (χ4v) is 3.96. The Balaban J connectivity index is 1.33. The van der Waals surface area contributed by atoms with Crippen LogP contribution >= 0.6 is 11.8 Å². The van der Waals surface area contributed by atoms with Gasteiger partial charge in [0, 0.05) is 35.4 Å². The molecular weight excluding hydrogens is 358 g/mol. The Morgan fingerprint density at radius 3 is 2.63 bits per heavy atom. The van der Waals surface area contributed by atoms with Crippen molar-refractivity contribution in [1.82, 2.24) is 10.3 Å². The van der Waals surface area contributed by atoms with Crippen LogP contribution in [0.5, 0.6) is 5.88 Å². The number of nitrogens with zero attached hydrogens (tertiary/aromatic N) is 2. The van der Waals surface area contributed by atoms with Crippen LogP contribution in [0.25, 0.3) is 0 Å². The van der Waals surface area contributed by atoms with Crippen LogP contribution < -0.4 is 10.1 Å². The van der Waals surface area contributed by atoms with E-state index >= 15 is 0 Å². The molecule has 0 unspecified atom stereocenters. The van der Waals surface area contributed by atoms with Crippen molar-refractivity contribution >= 4 is 17.7 Å². The lowest BCUT2D eigenvalue weighted by molar-refractivity contribution is -0.121. The average molecular weight is 382 g/mol. The molecule has 1 aliphatic carbocycles. The molecule has 1 aromatic heterocycles. The van der Waals surface area contributed by atoms with Gasteiger partial charge in [0.05, 0.1) is 5.56 Å². The standard InChI is InChI=1S/C21H23N3O2S/c22-14-16-6-11-21(23-15-16)26-18-9-7-17(8-10-18)24-20(25)12-13-27-19-4-2-1-3-5-19/h1-6,11,15,17-18H,7-10,12-13H2,(H,24,25). The van der Waals surface area contributed by atoms with Crippen molar-refractivity contribution in [2.24, 2.45) is 0 Å². The molecule has 0 radical (unpaired) electrons. The molecule has 1 fully saturated rings. The van der Waals surface area contributed by atoms with Gasteiger partial charge in [-0.15, -0.1) is 11.8 Å². The highest BCUT2D eigenvalue weighted by atomic mass is 32.2. The highest BCUT2D eigenvalue weighted by Crippen LogP contribution is 2.23. The SMILES string of the molecule is N#Cc1ccc(OC2CCC(NC(=O)CCSc3ccccc3)CC2)nc1. The lowest BCUT2D eigenvalue weighted by Crippen LogP contribution is -2.39. The molecule has 0 bridgehead atoms. The summed E-state index contributed by atoms with van der Waals surface area (Å²) in [5.74, 6) is 1.47. The number of nitriles is 1. The average Bonchev–Trinajstić information content (AvgIpc) is 2.71. The first kappa shape index (κ1) is 19.2. The molecule has 0 aliphatic heterocycles. The van der Waals surface area contributed by atoms with Crippen LogP contribution in [0, 0.1) is 11.3 Å². The molecule has 1 aliphatic rings. The Morgan fingerprint density at radius 1 is 1.19 bits per heavy atom. The van der Waals surface area contributed by atoms with Gasteiger partial charge in [0.1, 0.15) is 12.2 Å². The van der Waals surface area contributed by atoms with Gasteiger partial charge in [0.15, 0.2) is 0 Å². The van der Waals surface area contributed by atoms with Gasteiger partial charge in [-0.1, -0.05) is 18.2 Å². The third-order valence-electron chi connectivity index (χ3n) is 4.53. The zero-order chi connectivity index (χ0) is 18.9. The predicted molar refractivity (Wildman–Crippen MR) is 106 cm³/mol. The van der Waals surface area contributed by atoms with Gasteiger partial charge in [0.2, 0.25) is 11.8 Å². The number of ether oxygens (including phenoxy) is 1. The summed E-state index contributed by atoms with van der Waals surface area (Å²) < 4.78 is 5.89. The van der Waals surface area contributed by atoms with E-state index in [0.29, 0.717) is 17.9 Å². The van der Waals surface area contributed by atoms with Crippen LogP contribution in [-0.4, -0.2) is 28.8 Å². The van der Waals surface area contributed by atoms with E-state index in [9.17, 15) is 4.79 Å². The molecule has 1 N–H and O–H groups in total. The molecule has 1 amide bonds. The van der Waals surface area contributed by atoms with Crippen molar-refractivity contribution in [3.05, 3.63) is 54.2 Å². The number of aromatic nitrogens is 1. The maximum absolute atomic E-state index is 12.1. The van der Waals surface area contributed by atoms with E-state index in [4.69, 9.17) is 10.00 Å². The minimum Gasteiger partial charge on any atom is -0.474 e. The second-order valence-electron chi connectivity index (χ2n) is 6.57. The third-order valence-corrected chi connectivity index (χ3v) is 5.55. The molecule has 140 valence electrons. The number of hydrogen-bond acceptors (Lipinski definition) is 5. The summed E-state index contributed by atoms with van der Waals surface area (Å²) in [5, 5.41) is 11.9. The van der Waals surface area contributed by atoms with Crippen LogP contribution in [0.2, 0.25) is 0 Å². The molecule has 1 heterocycles. The Bertz CT molecular complexity index is 766. The van der Waals surface area contributed by atoms with Crippen molar-refractivity contribution in [3.63, 3.8) is 0 Å². The van der Waals surface area contributed by atoms with E-state index in [2.05, 4.69) is 22.4 Å². The number of carbonyl (C=O) groups excluding carboxylic acids is 1. The smallest absolute Gasteiger partial charge is 0.221 e. The topological polar surface area (TPSA) is 75.0 Å². The van der Waals surface area contributed by atoms with Crippen LogP contribution in [-0.2, 0) is 4.79 Å². The van der Waals surface area contributed by atoms with Crippen molar-refractivity contribution in [2.75, 3.05) is 5.75 Å². The Kier molecular flexibility index (Phi) is 7.11. The molecule has 0 spiro atoms. The van der Waals surface area contributed by atoms with Crippen molar-refractivity contribution < 1.29 is 9.53 Å². The summed E-state index contributed by atoms with van der Waals surface area (Å²) in [7, 11) is 0. The minimum absolute atomic E-state index is 0.118. The molecule has 3 rings (SSSR count). The highest BCUT2D eigenvalue weighted by molar-refractivity contribution is 7.99. The second kappa shape index (κ2) is 9.98. The summed E-state index contributed by atoms with van der Waals surface area (Å²) in [6.07, 6.45) is 5.79. The lowest BCUT2D eigenvalue weighted by Gasteiger charge is -2.29. The zero-order valence-corrected chi connectivity index (χ0v) is 16.0. The predicted octanol–water partition coefficient (Wildman–Crippen LogP) is 3.94. The van der Waals surface area contributed by atoms with Crippen molar-refractivity contribution in [3.8, 4) is 11.9 Å². The van der Waals surface area contributed by atoms with E-state index in [1.807, 2.05) is 24.3 Å². The summed E-state index contributed by atoms with van der Waals surface area (Å²) in [6, 6.07) is 15.9. The number of thioether (sulfide) groups is 1. The van der Waals surface area contributed by atoms with Gasteiger partial charge in [0.25, 0.3) is 0 Å². The number of nitrogens with one attached hydrogen (secondary N) is 1. The number of hydrogen-bond donors (Lipinski definition) is 1. The van der Waals surface area contributed by atoms with E-state index in [1.54, 1.807) is 23.9 Å². The number of rotatable bonds is 7. The second-order valence-corrected chi connectivity index (χ2v) is 7.74. The van der Waals surface area contributed by atoms with Crippen molar-refractivity contribution in [1.29, 1.82) is 5.26 Å². The van der Waals surface area contributed by atoms with Crippen LogP contribution in [0.1, 0.15) is 37.7 Å². The van der Waals surface area contributed by atoms with E-state index < -0.39 is 0 Å². The Hall–Kier alpha value is -2.52. The van der Waals surface area contributed by atoms with Gasteiger partial charge in [-0.25, -0.2) is 4.98 Å². The summed E-state index contributed by atoms with van der Waals surface area (Å²) in [4.78, 5) is 17.5. The number of carbonyl (C=O) groups is 1. The summed E-state index contributed by atoms with van der Waals surface area (Å²) >= 11 is 1.71. The fourth-order valence-electron chi connectivity index (χ4n) is 3.09. The molecule has 5 nitrogen and oxygen atoms in total. The molecule has 2 aromatic rings.